The molecule has 1 saturated heterocycles. The van der Waals surface area contributed by atoms with Gasteiger partial charge in [-0.05, 0) is 85.7 Å². The molecule has 48 heavy (non-hydrogen) atoms. The Morgan fingerprint density at radius 2 is 1.90 bits per heavy atom. The van der Waals surface area contributed by atoms with E-state index in [0.717, 1.165) is 75.7 Å². The number of hydrogen-bond donors (Lipinski definition) is 4. The first-order chi connectivity index (χ1) is 23.4. The number of aromatic amines is 1. The Morgan fingerprint density at radius 1 is 1.08 bits per heavy atom. The largest absolute Gasteiger partial charge is 0.493 e. The molecule has 3 aromatic rings. The Kier molecular flexibility index (Phi) is 13.4. The number of ether oxygens (including phenoxy) is 2. The number of unbranched alkanes of at least 4 members (excludes halogenated alkanes) is 1. The number of rotatable bonds is 17. The van der Waals surface area contributed by atoms with Gasteiger partial charge < -0.3 is 30.0 Å². The number of H-pyrrole nitrogens is 1. The van der Waals surface area contributed by atoms with E-state index in [4.69, 9.17) is 21.1 Å². The van der Waals surface area contributed by atoms with E-state index in [1.807, 2.05) is 18.3 Å². The smallest absolute Gasteiger partial charge is 0.242 e. The van der Waals surface area contributed by atoms with Gasteiger partial charge in [-0.1, -0.05) is 36.9 Å². The number of hydroxylamine groups is 2. The van der Waals surface area contributed by atoms with Crippen LogP contribution in [0.15, 0.2) is 48.7 Å². The lowest BCUT2D eigenvalue weighted by Gasteiger charge is -2.31. The molecule has 2 heterocycles. The fourth-order valence-electron chi connectivity index (χ4n) is 6.70. The van der Waals surface area contributed by atoms with Crippen molar-refractivity contribution in [3.63, 3.8) is 0 Å². The molecule has 1 aliphatic carbocycles. The molecular weight excluding hydrogens is 634 g/mol. The number of aromatic nitrogens is 1. The van der Waals surface area contributed by atoms with Crippen LogP contribution in [-0.2, 0) is 25.5 Å². The van der Waals surface area contributed by atoms with Crippen molar-refractivity contribution in [1.29, 1.82) is 0 Å². The van der Waals surface area contributed by atoms with Crippen LogP contribution in [0.2, 0.25) is 5.02 Å². The highest BCUT2D eigenvalue weighted by Gasteiger charge is 2.33. The molecule has 0 spiro atoms. The number of nitrogens with one attached hydrogen (secondary N) is 3. The summed E-state index contributed by atoms with van der Waals surface area (Å²) in [6.45, 7) is 3.22. The van der Waals surface area contributed by atoms with E-state index in [0.29, 0.717) is 35.6 Å². The van der Waals surface area contributed by atoms with Gasteiger partial charge in [0.25, 0.3) is 0 Å². The lowest BCUT2D eigenvalue weighted by Crippen LogP contribution is -2.53. The second-order valence-corrected chi connectivity index (χ2v) is 13.3. The Morgan fingerprint density at radius 3 is 2.69 bits per heavy atom. The highest BCUT2D eigenvalue weighted by Crippen LogP contribution is 2.29. The third kappa shape index (κ3) is 10.3. The summed E-state index contributed by atoms with van der Waals surface area (Å²) in [4.78, 5) is 43.9. The van der Waals surface area contributed by atoms with E-state index < -0.39 is 17.9 Å². The van der Waals surface area contributed by atoms with Crippen LogP contribution in [0.1, 0.15) is 56.9 Å². The van der Waals surface area contributed by atoms with Gasteiger partial charge in [0.2, 0.25) is 18.2 Å². The zero-order chi connectivity index (χ0) is 33.7. The Labute approximate surface area is 287 Å². The van der Waals surface area contributed by atoms with E-state index in [9.17, 15) is 19.6 Å². The number of amides is 3. The Hall–Kier alpha value is -3.80. The number of carbonyl (C=O) groups excluding carboxylic acids is 3. The molecular formula is C36H48ClN5O6. The first-order valence-corrected chi connectivity index (χ1v) is 17.6. The zero-order valence-electron chi connectivity index (χ0n) is 27.5. The molecule has 2 atom stereocenters. The van der Waals surface area contributed by atoms with Crippen LogP contribution < -0.4 is 20.3 Å². The number of aryl methyl sites for hydroxylation is 1. The number of halogens is 1. The third-order valence-electron chi connectivity index (χ3n) is 9.38. The van der Waals surface area contributed by atoms with E-state index in [1.54, 1.807) is 6.07 Å². The van der Waals surface area contributed by atoms with Crippen LogP contribution >= 0.6 is 11.6 Å². The van der Waals surface area contributed by atoms with Crippen LogP contribution in [0, 0.1) is 11.8 Å². The molecule has 2 aromatic carbocycles. The molecule has 1 aromatic heterocycles. The van der Waals surface area contributed by atoms with Crippen molar-refractivity contribution in [3.05, 3.63) is 59.2 Å². The molecule has 260 valence electrons. The van der Waals surface area contributed by atoms with Gasteiger partial charge in [-0.3, -0.25) is 19.6 Å². The summed E-state index contributed by atoms with van der Waals surface area (Å²) in [6.07, 6.45) is 9.93. The molecule has 0 unspecified atom stereocenters. The summed E-state index contributed by atoms with van der Waals surface area (Å²) >= 11 is 6.39. The molecule has 0 bridgehead atoms. The lowest BCUT2D eigenvalue weighted by atomic mass is 9.83. The average Bonchev–Trinajstić information content (AvgIpc) is 3.58. The van der Waals surface area contributed by atoms with Crippen molar-refractivity contribution in [2.24, 2.45) is 11.8 Å². The molecule has 1 aliphatic heterocycles. The number of hydrogen-bond acceptors (Lipinski definition) is 7. The summed E-state index contributed by atoms with van der Waals surface area (Å²) in [5.41, 5.74) is 3.31. The number of benzene rings is 2. The summed E-state index contributed by atoms with van der Waals surface area (Å²) in [7, 11) is 0. The Bertz CT molecular complexity index is 1490. The van der Waals surface area contributed by atoms with Gasteiger partial charge in [-0.15, -0.1) is 0 Å². The number of fused-ring (bicyclic) bond motifs is 1. The van der Waals surface area contributed by atoms with Crippen molar-refractivity contribution >= 4 is 46.4 Å². The Balaban J connectivity index is 1.15. The van der Waals surface area contributed by atoms with Crippen molar-refractivity contribution in [2.75, 3.05) is 50.9 Å². The van der Waals surface area contributed by atoms with Crippen LogP contribution in [0.3, 0.4) is 0 Å². The van der Waals surface area contributed by atoms with Gasteiger partial charge in [0.1, 0.15) is 11.8 Å². The predicted molar refractivity (Wildman–Crippen MR) is 185 cm³/mol. The van der Waals surface area contributed by atoms with E-state index in [2.05, 4.69) is 44.8 Å². The van der Waals surface area contributed by atoms with Crippen LogP contribution in [0.4, 0.5) is 5.69 Å². The van der Waals surface area contributed by atoms with Gasteiger partial charge in [-0.25, -0.2) is 5.06 Å². The topological polar surface area (TPSA) is 136 Å². The fourth-order valence-corrected chi connectivity index (χ4v) is 6.92. The first kappa shape index (κ1) is 35.5. The summed E-state index contributed by atoms with van der Waals surface area (Å²) < 4.78 is 11.5. The van der Waals surface area contributed by atoms with Crippen LogP contribution in [0.5, 0.6) is 5.75 Å². The van der Waals surface area contributed by atoms with Gasteiger partial charge in [0, 0.05) is 48.1 Å². The summed E-state index contributed by atoms with van der Waals surface area (Å²) in [5.74, 6) is -0.803. The SMILES string of the molecule is O=CN(O)C[C@@H](CCOc1cc(Cl)cc(N2CCOCC2)c1)C(=O)N[C@H](C(=O)NCCCCc1ccc2[nH]ccc2c1)C1CCCCC1. The van der Waals surface area contributed by atoms with Crippen LogP contribution in [-0.4, -0.2) is 85.5 Å². The van der Waals surface area contributed by atoms with E-state index >= 15 is 0 Å². The van der Waals surface area contributed by atoms with Gasteiger partial charge >= 0.3 is 0 Å². The lowest BCUT2D eigenvalue weighted by molar-refractivity contribution is -0.155. The zero-order valence-corrected chi connectivity index (χ0v) is 28.3. The maximum Gasteiger partial charge on any atom is 0.242 e. The monoisotopic (exact) mass is 681 g/mol. The number of anilines is 1. The summed E-state index contributed by atoms with van der Waals surface area (Å²) in [5, 5.41) is 18.3. The van der Waals surface area contributed by atoms with Gasteiger partial charge in [0.15, 0.2) is 0 Å². The number of carbonyl (C=O) groups is 3. The van der Waals surface area contributed by atoms with E-state index in [1.165, 1.54) is 10.9 Å². The van der Waals surface area contributed by atoms with Gasteiger partial charge in [-0.2, -0.15) is 0 Å². The first-order valence-electron chi connectivity index (χ1n) is 17.2. The predicted octanol–water partition coefficient (Wildman–Crippen LogP) is 5.09. The number of morpholine rings is 1. The molecule has 11 nitrogen and oxygen atoms in total. The second kappa shape index (κ2) is 18.1. The molecule has 2 fully saturated rings. The molecule has 4 N–H and O–H groups in total. The van der Waals surface area contributed by atoms with Crippen molar-refractivity contribution in [1.82, 2.24) is 20.7 Å². The van der Waals surface area contributed by atoms with E-state index in [-0.39, 0.29) is 37.8 Å². The highest BCUT2D eigenvalue weighted by atomic mass is 35.5. The van der Waals surface area contributed by atoms with Crippen molar-refractivity contribution in [2.45, 2.75) is 63.8 Å². The molecule has 12 heteroatoms. The summed E-state index contributed by atoms with van der Waals surface area (Å²) in [6, 6.07) is 13.3. The maximum atomic E-state index is 13.7. The van der Waals surface area contributed by atoms with Crippen molar-refractivity contribution < 1.29 is 29.1 Å². The fraction of sp³-hybridized carbons (Fsp3) is 0.528. The minimum Gasteiger partial charge on any atom is -0.493 e. The minimum atomic E-state index is -0.797. The molecule has 5 rings (SSSR count). The third-order valence-corrected chi connectivity index (χ3v) is 9.60. The quantitative estimate of drug-likeness (QED) is 0.0674. The molecule has 1 saturated carbocycles. The minimum absolute atomic E-state index is 0.0223. The maximum absolute atomic E-state index is 13.7. The molecule has 0 radical (unpaired) electrons. The average molecular weight is 682 g/mol. The molecule has 2 aliphatic rings. The standard InChI is InChI=1S/C36H48ClN5O6/c37-30-21-31(41-15-18-47-19-16-41)23-32(22-30)48-17-12-29(24-42(46)25-43)35(44)40-34(27-7-2-1-3-8-27)36(45)39-13-5-4-6-26-9-10-33-28(20-26)11-14-38-33/h9-11,14,20-23,25,27,29,34,38,46H,1-8,12-13,15-19,24H2,(H,39,45)(H,40,44)/t29-,34+/m1/s1. The highest BCUT2D eigenvalue weighted by molar-refractivity contribution is 6.31. The number of nitrogens with zero attached hydrogens (tertiary/aromatic N) is 2. The molecule has 3 amide bonds. The van der Waals surface area contributed by atoms with Crippen molar-refractivity contribution in [3.8, 4) is 5.75 Å². The normalized spacial score (nSPS) is 16.7. The van der Waals surface area contributed by atoms with Gasteiger partial charge in [0.05, 0.1) is 32.3 Å². The second-order valence-electron chi connectivity index (χ2n) is 12.8. The van der Waals surface area contributed by atoms with Crippen LogP contribution in [0.25, 0.3) is 10.9 Å².